The Bertz CT molecular complexity index is 636. The van der Waals surface area contributed by atoms with Gasteiger partial charge in [0.05, 0.1) is 11.8 Å². The number of pyridine rings is 1. The van der Waals surface area contributed by atoms with Crippen LogP contribution in [0.1, 0.15) is 36.5 Å². The molecule has 2 heterocycles. The van der Waals surface area contributed by atoms with Gasteiger partial charge in [0.25, 0.3) is 0 Å². The summed E-state index contributed by atoms with van der Waals surface area (Å²) < 4.78 is 5.27. The van der Waals surface area contributed by atoms with E-state index in [4.69, 9.17) is 9.78 Å². The molecule has 7 heteroatoms. The molecule has 2 aromatic heterocycles. The topological polar surface area (TPSA) is 78.8 Å². The van der Waals surface area contributed by atoms with Crippen molar-refractivity contribution in [2.24, 2.45) is 0 Å². The number of hydrogen-bond donors (Lipinski definition) is 0. The van der Waals surface area contributed by atoms with Crippen LogP contribution in [0.15, 0.2) is 22.7 Å². The monoisotopic (exact) mass is 303 g/mol. The fraction of sp³-hybridized carbons (Fsp3) is 0.429. The minimum absolute atomic E-state index is 0.220. The highest BCUT2D eigenvalue weighted by molar-refractivity contribution is 7.99. The molecule has 0 radical (unpaired) electrons. The molecule has 21 heavy (non-hydrogen) atoms. The van der Waals surface area contributed by atoms with Crippen LogP contribution in [0.2, 0.25) is 0 Å². The van der Waals surface area contributed by atoms with E-state index in [9.17, 15) is 0 Å². The smallest absolute Gasteiger partial charge is 0.246 e. The molecule has 0 aliphatic heterocycles. The Kier molecular flexibility index (Phi) is 5.17. The number of rotatable bonds is 6. The molecule has 0 spiro atoms. The SMILES string of the molecule is CCSC(C)c1noc(CN(C)c2cccc(C#N)n2)n1. The largest absolute Gasteiger partial charge is 0.350 e. The third-order valence-corrected chi connectivity index (χ3v) is 3.92. The van der Waals surface area contributed by atoms with Crippen LogP contribution in [0.4, 0.5) is 5.82 Å². The average molecular weight is 303 g/mol. The lowest BCUT2D eigenvalue weighted by molar-refractivity contribution is 0.372. The normalized spacial score (nSPS) is 11.9. The predicted molar refractivity (Wildman–Crippen MR) is 81.9 cm³/mol. The fourth-order valence-corrected chi connectivity index (χ4v) is 2.55. The Morgan fingerprint density at radius 1 is 1.43 bits per heavy atom. The second-order valence-electron chi connectivity index (χ2n) is 4.49. The van der Waals surface area contributed by atoms with Crippen molar-refractivity contribution in [3.8, 4) is 6.07 Å². The van der Waals surface area contributed by atoms with Crippen LogP contribution < -0.4 is 4.90 Å². The van der Waals surface area contributed by atoms with E-state index >= 15 is 0 Å². The Morgan fingerprint density at radius 3 is 2.95 bits per heavy atom. The maximum absolute atomic E-state index is 8.87. The summed E-state index contributed by atoms with van der Waals surface area (Å²) in [6, 6.07) is 7.34. The van der Waals surface area contributed by atoms with Gasteiger partial charge in [-0.15, -0.1) is 0 Å². The van der Waals surface area contributed by atoms with Gasteiger partial charge in [-0.3, -0.25) is 0 Å². The number of nitriles is 1. The van der Waals surface area contributed by atoms with E-state index in [1.165, 1.54) is 0 Å². The summed E-state index contributed by atoms with van der Waals surface area (Å²) in [5.74, 6) is 2.96. The number of aromatic nitrogens is 3. The number of hydrogen-bond acceptors (Lipinski definition) is 7. The van der Waals surface area contributed by atoms with Gasteiger partial charge in [0.1, 0.15) is 17.6 Å². The Morgan fingerprint density at radius 2 is 2.24 bits per heavy atom. The van der Waals surface area contributed by atoms with E-state index < -0.39 is 0 Å². The number of anilines is 1. The van der Waals surface area contributed by atoms with E-state index in [0.29, 0.717) is 29.8 Å². The summed E-state index contributed by atoms with van der Waals surface area (Å²) in [5, 5.41) is 13.1. The molecule has 0 aliphatic rings. The molecule has 0 aromatic carbocycles. The first-order chi connectivity index (χ1) is 10.1. The second kappa shape index (κ2) is 7.09. The Hall–Kier alpha value is -2.07. The highest BCUT2D eigenvalue weighted by atomic mass is 32.2. The van der Waals surface area contributed by atoms with Crippen LogP contribution in [0, 0.1) is 11.3 Å². The van der Waals surface area contributed by atoms with Gasteiger partial charge in [0.15, 0.2) is 5.82 Å². The zero-order valence-corrected chi connectivity index (χ0v) is 13.1. The minimum atomic E-state index is 0.220. The van der Waals surface area contributed by atoms with Crippen LogP contribution >= 0.6 is 11.8 Å². The van der Waals surface area contributed by atoms with Gasteiger partial charge in [0.2, 0.25) is 5.89 Å². The first-order valence-corrected chi connectivity index (χ1v) is 7.71. The summed E-state index contributed by atoms with van der Waals surface area (Å²) in [4.78, 5) is 10.5. The molecule has 0 aliphatic carbocycles. The molecule has 110 valence electrons. The van der Waals surface area contributed by atoms with Crippen molar-refractivity contribution in [1.82, 2.24) is 15.1 Å². The molecule has 0 bridgehead atoms. The maximum Gasteiger partial charge on any atom is 0.246 e. The van der Waals surface area contributed by atoms with Crippen molar-refractivity contribution in [1.29, 1.82) is 5.26 Å². The van der Waals surface area contributed by atoms with Crippen LogP contribution in [-0.2, 0) is 6.54 Å². The van der Waals surface area contributed by atoms with E-state index in [2.05, 4.69) is 29.0 Å². The summed E-state index contributed by atoms with van der Waals surface area (Å²) in [6.07, 6.45) is 0. The van der Waals surface area contributed by atoms with E-state index in [1.807, 2.05) is 24.1 Å². The van der Waals surface area contributed by atoms with Crippen molar-refractivity contribution in [2.75, 3.05) is 17.7 Å². The minimum Gasteiger partial charge on any atom is -0.350 e. The molecule has 0 N–H and O–H groups in total. The van der Waals surface area contributed by atoms with Crippen molar-refractivity contribution < 1.29 is 4.52 Å². The zero-order valence-electron chi connectivity index (χ0n) is 12.3. The number of thioether (sulfide) groups is 1. The lowest BCUT2D eigenvalue weighted by atomic mass is 10.3. The molecule has 2 rings (SSSR count). The van der Waals surface area contributed by atoms with Crippen molar-refractivity contribution >= 4 is 17.6 Å². The molecular formula is C14H17N5OS. The van der Waals surface area contributed by atoms with Crippen LogP contribution in [0.25, 0.3) is 0 Å². The van der Waals surface area contributed by atoms with E-state index in [-0.39, 0.29) is 5.25 Å². The van der Waals surface area contributed by atoms with Gasteiger partial charge < -0.3 is 9.42 Å². The molecule has 6 nitrogen and oxygen atoms in total. The van der Waals surface area contributed by atoms with Crippen molar-refractivity contribution in [2.45, 2.75) is 25.6 Å². The van der Waals surface area contributed by atoms with E-state index in [1.54, 1.807) is 23.9 Å². The second-order valence-corrected chi connectivity index (χ2v) is 6.11. The van der Waals surface area contributed by atoms with Gasteiger partial charge in [0, 0.05) is 7.05 Å². The lowest BCUT2D eigenvalue weighted by Gasteiger charge is -2.15. The average Bonchev–Trinajstić information content (AvgIpc) is 2.96. The highest BCUT2D eigenvalue weighted by Gasteiger charge is 2.15. The Balaban J connectivity index is 2.05. The molecule has 0 saturated carbocycles. The molecular weight excluding hydrogens is 286 g/mol. The standard InChI is InChI=1S/C14H17N5OS/c1-4-21-10(2)14-17-13(20-18-14)9-19(3)12-7-5-6-11(8-15)16-12/h5-7,10H,4,9H2,1-3H3. The van der Waals surface area contributed by atoms with E-state index in [0.717, 1.165) is 5.75 Å². The number of nitrogens with zero attached hydrogens (tertiary/aromatic N) is 5. The van der Waals surface area contributed by atoms with Crippen molar-refractivity contribution in [3.63, 3.8) is 0 Å². The third kappa shape index (κ3) is 3.95. The zero-order chi connectivity index (χ0) is 15.2. The summed E-state index contributed by atoms with van der Waals surface area (Å²) in [7, 11) is 1.87. The molecule has 0 amide bonds. The first kappa shape index (κ1) is 15.3. The predicted octanol–water partition coefficient (Wildman–Crippen LogP) is 2.79. The van der Waals surface area contributed by atoms with Crippen LogP contribution in [0.3, 0.4) is 0 Å². The quantitative estimate of drug-likeness (QED) is 0.811. The summed E-state index contributed by atoms with van der Waals surface area (Å²) >= 11 is 1.77. The fourth-order valence-electron chi connectivity index (χ4n) is 1.80. The van der Waals surface area contributed by atoms with Crippen LogP contribution in [0.5, 0.6) is 0 Å². The van der Waals surface area contributed by atoms with Crippen LogP contribution in [-0.4, -0.2) is 27.9 Å². The molecule has 2 aromatic rings. The van der Waals surface area contributed by atoms with Gasteiger partial charge in [-0.25, -0.2) is 4.98 Å². The summed E-state index contributed by atoms with van der Waals surface area (Å²) in [6.45, 7) is 4.62. The van der Waals surface area contributed by atoms with Gasteiger partial charge in [-0.05, 0) is 24.8 Å². The molecule has 0 fully saturated rings. The van der Waals surface area contributed by atoms with Crippen molar-refractivity contribution in [3.05, 3.63) is 35.6 Å². The highest BCUT2D eigenvalue weighted by Crippen LogP contribution is 2.25. The van der Waals surface area contributed by atoms with Gasteiger partial charge in [-0.1, -0.05) is 18.1 Å². The Labute approximate surface area is 128 Å². The van der Waals surface area contributed by atoms with Gasteiger partial charge >= 0.3 is 0 Å². The maximum atomic E-state index is 8.87. The summed E-state index contributed by atoms with van der Waals surface area (Å²) in [5.41, 5.74) is 0.388. The molecule has 0 saturated heterocycles. The first-order valence-electron chi connectivity index (χ1n) is 6.66. The third-order valence-electron chi connectivity index (χ3n) is 2.88. The molecule has 1 unspecified atom stereocenters. The lowest BCUT2D eigenvalue weighted by Crippen LogP contribution is -2.18. The van der Waals surface area contributed by atoms with Gasteiger partial charge in [-0.2, -0.15) is 22.0 Å². The molecule has 1 atom stereocenters.